The van der Waals surface area contributed by atoms with Crippen LogP contribution in [0.1, 0.15) is 11.3 Å². The topological polar surface area (TPSA) is 35.6 Å². The summed E-state index contributed by atoms with van der Waals surface area (Å²) in [5, 5.41) is 0. The van der Waals surface area contributed by atoms with Gasteiger partial charge in [0.05, 0.1) is 26.9 Å². The number of benzene rings is 1. The highest BCUT2D eigenvalue weighted by Gasteiger charge is 2.51. The van der Waals surface area contributed by atoms with E-state index in [1.165, 1.54) is 33.7 Å². The summed E-state index contributed by atoms with van der Waals surface area (Å²) in [6.45, 7) is -3.94. The Bertz CT molecular complexity index is 992. The van der Waals surface area contributed by atoms with Gasteiger partial charge in [0.1, 0.15) is 12.0 Å². The lowest BCUT2D eigenvalue weighted by Gasteiger charge is -2.31. The fourth-order valence-electron chi connectivity index (χ4n) is 3.52. The third kappa shape index (κ3) is 2.11. The number of methoxy groups -OCH3 is 3. The Balaban J connectivity index is 2.05. The van der Waals surface area contributed by atoms with Crippen LogP contribution in [0.2, 0.25) is 0 Å². The maximum Gasteiger partial charge on any atom is 0.737 e. The second-order valence-electron chi connectivity index (χ2n) is 5.97. The fraction of sp³-hybridized carbons (Fsp3) is 0.167. The summed E-state index contributed by atoms with van der Waals surface area (Å²) in [5.41, 5.74) is 2.14. The first-order valence-corrected chi connectivity index (χ1v) is 8.07. The van der Waals surface area contributed by atoms with Crippen molar-refractivity contribution in [3.8, 4) is 17.2 Å². The number of ether oxygens (including phenoxy) is 3. The van der Waals surface area contributed by atoms with E-state index in [2.05, 4.69) is 0 Å². The first-order valence-electron chi connectivity index (χ1n) is 8.07. The molecule has 0 unspecified atom stereocenters. The molecule has 0 amide bonds. The predicted molar refractivity (Wildman–Crippen MR) is 95.4 cm³/mol. The fourth-order valence-corrected chi connectivity index (χ4v) is 3.52. The van der Waals surface area contributed by atoms with Gasteiger partial charge in [-0.05, 0) is 24.4 Å². The monoisotopic (exact) mass is 358 g/mol. The van der Waals surface area contributed by atoms with Crippen LogP contribution in [0.4, 0.5) is 8.63 Å². The van der Waals surface area contributed by atoms with Crippen molar-refractivity contribution in [1.82, 2.24) is 4.48 Å². The normalized spacial score (nSPS) is 16.9. The molecule has 0 bridgehead atoms. The van der Waals surface area contributed by atoms with Crippen molar-refractivity contribution < 1.29 is 27.3 Å². The minimum absolute atomic E-state index is 0.423. The standard InChI is InChI=1S/C18H17BF2N2O3/c1-24-15-11-17(26-3)16(25-2)10-12(15)18-13-6-4-8-22(13)19(20,21)23-9-5-7-14(18)23/h4-11H,1-3H3. The van der Waals surface area contributed by atoms with Crippen LogP contribution in [0.3, 0.4) is 0 Å². The van der Waals surface area contributed by atoms with E-state index in [1.54, 1.807) is 36.4 Å². The second-order valence-corrected chi connectivity index (χ2v) is 5.97. The minimum Gasteiger partial charge on any atom is -0.496 e. The molecule has 0 radical (unpaired) electrons. The van der Waals surface area contributed by atoms with E-state index in [4.69, 9.17) is 14.2 Å². The number of aromatic nitrogens is 1. The summed E-state index contributed by atoms with van der Waals surface area (Å²) in [7, 11) is 4.59. The average molecular weight is 358 g/mol. The first kappa shape index (κ1) is 16.4. The molecule has 134 valence electrons. The molecule has 0 atom stereocenters. The van der Waals surface area contributed by atoms with Gasteiger partial charge in [-0.1, -0.05) is 0 Å². The van der Waals surface area contributed by atoms with E-state index in [1.807, 2.05) is 0 Å². The largest absolute Gasteiger partial charge is 0.737 e. The highest BCUT2D eigenvalue weighted by atomic mass is 19.2. The molecule has 2 aromatic rings. The molecule has 1 aromatic heterocycles. The van der Waals surface area contributed by atoms with Crippen LogP contribution in [-0.4, -0.2) is 43.5 Å². The average Bonchev–Trinajstić information content (AvgIpc) is 3.31. The van der Waals surface area contributed by atoms with Crippen molar-refractivity contribution in [2.45, 2.75) is 0 Å². The van der Waals surface area contributed by atoms with E-state index in [0.29, 0.717) is 39.8 Å². The van der Waals surface area contributed by atoms with Crippen molar-refractivity contribution in [3.05, 3.63) is 59.6 Å². The van der Waals surface area contributed by atoms with E-state index in [0.717, 1.165) is 8.96 Å². The number of fused-ring (bicyclic) bond motifs is 2. The van der Waals surface area contributed by atoms with Gasteiger partial charge in [0.15, 0.2) is 17.2 Å². The van der Waals surface area contributed by atoms with Crippen LogP contribution in [0.25, 0.3) is 5.57 Å². The van der Waals surface area contributed by atoms with Gasteiger partial charge in [-0.2, -0.15) is 0 Å². The molecule has 0 spiro atoms. The van der Waals surface area contributed by atoms with Crippen LogP contribution in [-0.2, 0) is 0 Å². The van der Waals surface area contributed by atoms with E-state index >= 15 is 0 Å². The highest BCUT2D eigenvalue weighted by Crippen LogP contribution is 2.44. The molecule has 8 heteroatoms. The molecule has 0 saturated heterocycles. The smallest absolute Gasteiger partial charge is 0.496 e. The van der Waals surface area contributed by atoms with Crippen molar-refractivity contribution in [2.24, 2.45) is 0 Å². The molecule has 1 aromatic carbocycles. The van der Waals surface area contributed by atoms with E-state index < -0.39 is 6.97 Å². The third-order valence-electron chi connectivity index (χ3n) is 4.71. The summed E-state index contributed by atoms with van der Waals surface area (Å²) in [6.07, 6.45) is 6.08. The zero-order chi connectivity index (χ0) is 18.5. The van der Waals surface area contributed by atoms with Crippen molar-refractivity contribution in [1.29, 1.82) is 0 Å². The molecular formula is C18H17BF2N2O3. The Hall–Kier alpha value is -3.03. The van der Waals surface area contributed by atoms with Gasteiger partial charge >= 0.3 is 6.97 Å². The molecule has 4 rings (SSSR count). The van der Waals surface area contributed by atoms with Crippen molar-refractivity contribution in [2.75, 3.05) is 21.3 Å². The number of nitrogens with zero attached hydrogens (tertiary/aromatic N) is 2. The van der Waals surface area contributed by atoms with E-state index in [9.17, 15) is 8.63 Å². The number of allylic oxidation sites excluding steroid dienone is 2. The molecule has 2 aliphatic heterocycles. The van der Waals surface area contributed by atoms with Crippen LogP contribution >= 0.6 is 0 Å². The zero-order valence-corrected chi connectivity index (χ0v) is 14.6. The van der Waals surface area contributed by atoms with Crippen LogP contribution in [0.15, 0.2) is 48.3 Å². The Morgan fingerprint density at radius 2 is 1.69 bits per heavy atom. The Morgan fingerprint density at radius 1 is 1.00 bits per heavy atom. The molecule has 3 heterocycles. The molecule has 2 aliphatic rings. The van der Waals surface area contributed by atoms with Crippen LogP contribution < -0.4 is 14.2 Å². The van der Waals surface area contributed by atoms with Crippen LogP contribution in [0, 0.1) is 0 Å². The maximum atomic E-state index is 14.9. The number of halogens is 2. The highest BCUT2D eigenvalue weighted by molar-refractivity contribution is 6.57. The molecule has 0 N–H and O–H groups in total. The summed E-state index contributed by atoms with van der Waals surface area (Å²) < 4.78 is 48.0. The molecule has 0 saturated carbocycles. The van der Waals surface area contributed by atoms with E-state index in [-0.39, 0.29) is 0 Å². The summed E-state index contributed by atoms with van der Waals surface area (Å²) in [6, 6.07) is 6.74. The lowest BCUT2D eigenvalue weighted by molar-refractivity contribution is -0.356. The van der Waals surface area contributed by atoms with Gasteiger partial charge in [-0.15, -0.1) is 0 Å². The van der Waals surface area contributed by atoms with Gasteiger partial charge in [-0.25, -0.2) is 0 Å². The van der Waals surface area contributed by atoms with Gasteiger partial charge < -0.3 is 31.8 Å². The van der Waals surface area contributed by atoms with Gasteiger partial charge in [0.2, 0.25) is 0 Å². The number of hydrogen-bond acceptors (Lipinski definition) is 3. The maximum absolute atomic E-state index is 14.9. The Morgan fingerprint density at radius 3 is 2.38 bits per heavy atom. The Labute approximate surface area is 149 Å². The zero-order valence-electron chi connectivity index (χ0n) is 14.6. The Kier molecular flexibility index (Phi) is 3.64. The molecule has 0 fully saturated rings. The van der Waals surface area contributed by atoms with Gasteiger partial charge in [0.25, 0.3) is 0 Å². The summed E-state index contributed by atoms with van der Waals surface area (Å²) >= 11 is 0. The summed E-state index contributed by atoms with van der Waals surface area (Å²) in [4.78, 5) is 0. The SMILES string of the molecule is COc1cc(OC)c(C2=C3C=CC=[N+]3[B-](F)(F)n3cccc32)cc1OC. The molecule has 26 heavy (non-hydrogen) atoms. The van der Waals surface area contributed by atoms with Gasteiger partial charge in [-0.3, -0.25) is 0 Å². The quantitative estimate of drug-likeness (QED) is 0.788. The van der Waals surface area contributed by atoms with Gasteiger partial charge in [0, 0.05) is 29.5 Å². The second kappa shape index (κ2) is 5.76. The minimum atomic E-state index is -3.94. The van der Waals surface area contributed by atoms with Crippen LogP contribution in [0.5, 0.6) is 17.2 Å². The molecule has 0 aliphatic carbocycles. The lowest BCUT2D eigenvalue weighted by Crippen LogP contribution is -2.49. The first-order chi connectivity index (χ1) is 12.5. The van der Waals surface area contributed by atoms with Crippen molar-refractivity contribution >= 4 is 18.8 Å². The molecular weight excluding hydrogens is 341 g/mol. The number of rotatable bonds is 4. The lowest BCUT2D eigenvalue weighted by atomic mass is 9.86. The third-order valence-corrected chi connectivity index (χ3v) is 4.71. The van der Waals surface area contributed by atoms with Crippen molar-refractivity contribution in [3.63, 3.8) is 0 Å². The molecule has 5 nitrogen and oxygen atoms in total. The summed E-state index contributed by atoms with van der Waals surface area (Å²) in [5.74, 6) is 1.51. The number of hydrogen-bond donors (Lipinski definition) is 0. The predicted octanol–water partition coefficient (Wildman–Crippen LogP) is 3.16.